The maximum atomic E-state index is 12.0. The Labute approximate surface area is 123 Å². The first kappa shape index (κ1) is 16.2. The summed E-state index contributed by atoms with van der Waals surface area (Å²) < 4.78 is 8.31. The largest absolute Gasteiger partial charge is 0.381 e. The van der Waals surface area contributed by atoms with Crippen molar-refractivity contribution in [2.75, 3.05) is 19.8 Å². The quantitative estimate of drug-likeness (QED) is 0.706. The molecule has 0 aromatic carbocycles. The zero-order valence-corrected chi connectivity index (χ0v) is 13.3. The Morgan fingerprint density at radius 1 is 1.37 bits per heavy atom. The summed E-state index contributed by atoms with van der Waals surface area (Å²) in [4.78, 5) is 12.0. The fourth-order valence-electron chi connectivity index (χ4n) is 1.74. The van der Waals surface area contributed by atoms with Crippen LogP contribution in [0.15, 0.2) is 16.7 Å². The molecule has 1 rings (SSSR count). The molecule has 0 saturated carbocycles. The highest BCUT2D eigenvalue weighted by atomic mass is 79.9. The summed E-state index contributed by atoms with van der Waals surface area (Å²) >= 11 is 3.39. The van der Waals surface area contributed by atoms with Crippen LogP contribution in [0.25, 0.3) is 0 Å². The van der Waals surface area contributed by atoms with Crippen LogP contribution in [-0.2, 0) is 11.3 Å². The third kappa shape index (κ3) is 5.78. The average Bonchev–Trinajstić information content (AvgIpc) is 2.79. The molecule has 0 bridgehead atoms. The van der Waals surface area contributed by atoms with Gasteiger partial charge in [0.1, 0.15) is 5.69 Å². The van der Waals surface area contributed by atoms with Crippen LogP contribution in [0.2, 0.25) is 0 Å². The van der Waals surface area contributed by atoms with E-state index in [0.717, 1.165) is 36.9 Å². The molecule has 0 spiro atoms. The Hall–Kier alpha value is -0.810. The van der Waals surface area contributed by atoms with Crippen LogP contribution in [0.3, 0.4) is 0 Å². The first-order chi connectivity index (χ1) is 9.19. The lowest BCUT2D eigenvalue weighted by Gasteiger charge is -2.08. The molecule has 1 heterocycles. The van der Waals surface area contributed by atoms with Gasteiger partial charge in [0.05, 0.1) is 0 Å². The van der Waals surface area contributed by atoms with E-state index in [4.69, 9.17) is 4.74 Å². The number of unbranched alkanes of at least 4 members (excludes halogenated alkanes) is 1. The third-order valence-electron chi connectivity index (χ3n) is 2.83. The number of halogens is 1. The summed E-state index contributed by atoms with van der Waals surface area (Å²) in [5, 5.41) is 2.92. The first-order valence-electron chi connectivity index (χ1n) is 6.90. The second-order valence-corrected chi connectivity index (χ2v) is 5.32. The number of aromatic nitrogens is 1. The molecule has 0 atom stereocenters. The van der Waals surface area contributed by atoms with Crippen LogP contribution < -0.4 is 5.32 Å². The average molecular weight is 331 g/mol. The zero-order chi connectivity index (χ0) is 14.1. The lowest BCUT2D eigenvalue weighted by atomic mass is 10.3. The number of aryl methyl sites for hydroxylation is 1. The first-order valence-corrected chi connectivity index (χ1v) is 7.70. The summed E-state index contributed by atoms with van der Waals surface area (Å²) in [5.74, 6) is -0.0268. The van der Waals surface area contributed by atoms with E-state index in [-0.39, 0.29) is 5.91 Å². The van der Waals surface area contributed by atoms with E-state index in [1.807, 2.05) is 23.8 Å². The molecule has 0 aliphatic heterocycles. The van der Waals surface area contributed by atoms with Gasteiger partial charge in [0.25, 0.3) is 5.91 Å². The topological polar surface area (TPSA) is 43.3 Å². The van der Waals surface area contributed by atoms with Gasteiger partial charge < -0.3 is 14.6 Å². The molecule has 0 radical (unpaired) electrons. The number of nitrogens with zero attached hydrogens (tertiary/aromatic N) is 1. The highest BCUT2D eigenvalue weighted by Gasteiger charge is 2.11. The Morgan fingerprint density at radius 3 is 2.79 bits per heavy atom. The molecule has 1 amide bonds. The monoisotopic (exact) mass is 330 g/mol. The maximum Gasteiger partial charge on any atom is 0.267 e. The second kappa shape index (κ2) is 9.15. The van der Waals surface area contributed by atoms with Gasteiger partial charge in [0, 0.05) is 37.0 Å². The van der Waals surface area contributed by atoms with Crippen molar-refractivity contribution in [3.8, 4) is 0 Å². The summed E-state index contributed by atoms with van der Waals surface area (Å²) in [6, 6.07) is 1.84. The third-order valence-corrected chi connectivity index (χ3v) is 3.26. The minimum Gasteiger partial charge on any atom is -0.381 e. The predicted molar refractivity (Wildman–Crippen MR) is 80.5 cm³/mol. The van der Waals surface area contributed by atoms with Crippen LogP contribution in [0.4, 0.5) is 0 Å². The van der Waals surface area contributed by atoms with Crippen LogP contribution in [-0.4, -0.2) is 30.2 Å². The summed E-state index contributed by atoms with van der Waals surface area (Å²) in [6.45, 7) is 7.12. The van der Waals surface area contributed by atoms with Crippen molar-refractivity contribution in [3.05, 3.63) is 22.4 Å². The van der Waals surface area contributed by atoms with Gasteiger partial charge in [-0.2, -0.15) is 0 Å². The predicted octanol–water partition coefficient (Wildman–Crippen LogP) is 3.21. The van der Waals surface area contributed by atoms with Crippen molar-refractivity contribution in [2.24, 2.45) is 0 Å². The van der Waals surface area contributed by atoms with E-state index >= 15 is 0 Å². The highest BCUT2D eigenvalue weighted by Crippen LogP contribution is 2.14. The van der Waals surface area contributed by atoms with Gasteiger partial charge in [-0.15, -0.1) is 0 Å². The number of carbonyl (C=O) groups excluding carboxylic acids is 1. The van der Waals surface area contributed by atoms with Gasteiger partial charge >= 0.3 is 0 Å². The van der Waals surface area contributed by atoms with Crippen molar-refractivity contribution < 1.29 is 9.53 Å². The molecule has 4 nitrogen and oxygen atoms in total. The van der Waals surface area contributed by atoms with Gasteiger partial charge in [-0.05, 0) is 41.8 Å². The van der Waals surface area contributed by atoms with Crippen LogP contribution >= 0.6 is 15.9 Å². The van der Waals surface area contributed by atoms with E-state index in [1.54, 1.807) is 0 Å². The number of hydrogen-bond donors (Lipinski definition) is 1. The van der Waals surface area contributed by atoms with Gasteiger partial charge in [-0.3, -0.25) is 4.79 Å². The Morgan fingerprint density at radius 2 is 2.11 bits per heavy atom. The maximum absolute atomic E-state index is 12.0. The van der Waals surface area contributed by atoms with E-state index in [2.05, 4.69) is 28.2 Å². The van der Waals surface area contributed by atoms with E-state index in [9.17, 15) is 4.79 Å². The fourth-order valence-corrected chi connectivity index (χ4v) is 2.21. The number of carbonyl (C=O) groups is 1. The van der Waals surface area contributed by atoms with E-state index in [1.165, 1.54) is 0 Å². The minimum atomic E-state index is -0.0268. The van der Waals surface area contributed by atoms with Crippen molar-refractivity contribution in [1.82, 2.24) is 9.88 Å². The van der Waals surface area contributed by atoms with Gasteiger partial charge in [0.2, 0.25) is 0 Å². The summed E-state index contributed by atoms with van der Waals surface area (Å²) in [7, 11) is 0. The molecule has 0 aliphatic rings. The Kier molecular flexibility index (Phi) is 7.82. The molecule has 19 heavy (non-hydrogen) atoms. The van der Waals surface area contributed by atoms with E-state index < -0.39 is 0 Å². The number of hydrogen-bond acceptors (Lipinski definition) is 2. The standard InChI is InChI=1S/C14H23BrN2O2/c1-3-5-8-19-9-6-7-16-14(18)13-10-12(15)11-17(13)4-2/h10-11H,3-9H2,1-2H3,(H,16,18). The van der Waals surface area contributed by atoms with Crippen LogP contribution in [0.1, 0.15) is 43.6 Å². The minimum absolute atomic E-state index is 0.0268. The number of nitrogens with one attached hydrogen (secondary N) is 1. The van der Waals surface area contributed by atoms with E-state index in [0.29, 0.717) is 18.8 Å². The molecule has 0 unspecified atom stereocenters. The molecule has 1 N–H and O–H groups in total. The zero-order valence-electron chi connectivity index (χ0n) is 11.7. The Balaban J connectivity index is 2.24. The molecule has 0 saturated heterocycles. The number of rotatable bonds is 9. The molecule has 0 aliphatic carbocycles. The summed E-state index contributed by atoms with van der Waals surface area (Å²) in [5.41, 5.74) is 0.696. The SMILES string of the molecule is CCCCOCCCNC(=O)c1cc(Br)cn1CC. The van der Waals surface area contributed by atoms with Gasteiger partial charge in [0.15, 0.2) is 0 Å². The van der Waals surface area contributed by atoms with Crippen LogP contribution in [0, 0.1) is 0 Å². The number of amides is 1. The smallest absolute Gasteiger partial charge is 0.267 e. The second-order valence-electron chi connectivity index (χ2n) is 4.40. The molecule has 0 fully saturated rings. The molecule has 108 valence electrons. The van der Waals surface area contributed by atoms with Crippen molar-refractivity contribution >= 4 is 21.8 Å². The molecular formula is C14H23BrN2O2. The lowest BCUT2D eigenvalue weighted by molar-refractivity contribution is 0.0931. The number of ether oxygens (including phenoxy) is 1. The Bertz CT molecular complexity index is 391. The molecule has 1 aromatic rings. The lowest BCUT2D eigenvalue weighted by Crippen LogP contribution is -2.27. The molecular weight excluding hydrogens is 308 g/mol. The van der Waals surface area contributed by atoms with Gasteiger partial charge in [-0.1, -0.05) is 13.3 Å². The highest BCUT2D eigenvalue weighted by molar-refractivity contribution is 9.10. The van der Waals surface area contributed by atoms with Crippen molar-refractivity contribution in [1.29, 1.82) is 0 Å². The summed E-state index contributed by atoms with van der Waals surface area (Å²) in [6.07, 6.45) is 5.02. The van der Waals surface area contributed by atoms with Crippen molar-refractivity contribution in [3.63, 3.8) is 0 Å². The molecule has 5 heteroatoms. The van der Waals surface area contributed by atoms with Crippen molar-refractivity contribution in [2.45, 2.75) is 39.7 Å². The fraction of sp³-hybridized carbons (Fsp3) is 0.643. The normalized spacial score (nSPS) is 10.7. The molecule has 1 aromatic heterocycles. The van der Waals surface area contributed by atoms with Gasteiger partial charge in [-0.25, -0.2) is 0 Å². The van der Waals surface area contributed by atoms with Crippen LogP contribution in [0.5, 0.6) is 0 Å².